The highest BCUT2D eigenvalue weighted by Gasteiger charge is 2.37. The predicted octanol–water partition coefficient (Wildman–Crippen LogP) is 1.33. The molecule has 0 atom stereocenters. The van der Waals surface area contributed by atoms with Crippen LogP contribution in [-0.2, 0) is 11.3 Å². The monoisotopic (exact) mass is 403 g/mol. The molecule has 8 heteroatoms. The van der Waals surface area contributed by atoms with Crippen molar-refractivity contribution >= 4 is 12.1 Å². The van der Waals surface area contributed by atoms with E-state index in [4.69, 9.17) is 4.74 Å². The molecule has 1 aromatic carbocycles. The molecule has 2 fully saturated rings. The summed E-state index contributed by atoms with van der Waals surface area (Å²) in [5.74, 6) is 0. The van der Waals surface area contributed by atoms with Gasteiger partial charge in [0.15, 0.2) is 0 Å². The quantitative estimate of drug-likeness (QED) is 0.687. The Morgan fingerprint density at radius 3 is 2.55 bits per heavy atom. The summed E-state index contributed by atoms with van der Waals surface area (Å²) in [5.41, 5.74) is 1.07. The van der Waals surface area contributed by atoms with Crippen molar-refractivity contribution < 1.29 is 14.3 Å². The summed E-state index contributed by atoms with van der Waals surface area (Å²) in [4.78, 5) is 31.0. The molecule has 4 amide bonds. The number of urea groups is 2. The molecule has 0 unspecified atom stereocenters. The van der Waals surface area contributed by atoms with Gasteiger partial charge in [-0.1, -0.05) is 37.3 Å². The highest BCUT2D eigenvalue weighted by atomic mass is 16.5. The Morgan fingerprint density at radius 1 is 1.14 bits per heavy atom. The molecule has 0 aromatic heterocycles. The molecule has 0 bridgehead atoms. The van der Waals surface area contributed by atoms with E-state index < -0.39 is 0 Å². The zero-order valence-corrected chi connectivity index (χ0v) is 17.3. The molecule has 29 heavy (non-hydrogen) atoms. The molecule has 2 N–H and O–H groups in total. The lowest BCUT2D eigenvalue weighted by Crippen LogP contribution is -2.65. The molecule has 160 valence electrons. The average molecular weight is 404 g/mol. The first kappa shape index (κ1) is 21.4. The third kappa shape index (κ3) is 6.33. The number of morpholine rings is 1. The molecule has 2 heterocycles. The highest BCUT2D eigenvalue weighted by molar-refractivity contribution is 5.77. The van der Waals surface area contributed by atoms with Crippen molar-refractivity contribution in [2.24, 2.45) is 0 Å². The molecule has 8 nitrogen and oxygen atoms in total. The molecular weight excluding hydrogens is 370 g/mol. The van der Waals surface area contributed by atoms with Crippen LogP contribution in [0.2, 0.25) is 0 Å². The van der Waals surface area contributed by atoms with E-state index in [0.717, 1.165) is 44.8 Å². The normalized spacial score (nSPS) is 17.5. The van der Waals surface area contributed by atoms with Crippen LogP contribution in [0, 0.1) is 0 Å². The first-order valence-corrected chi connectivity index (χ1v) is 10.6. The smallest absolute Gasteiger partial charge is 0.317 e. The van der Waals surface area contributed by atoms with E-state index in [1.165, 1.54) is 0 Å². The maximum absolute atomic E-state index is 12.6. The van der Waals surface area contributed by atoms with Gasteiger partial charge in [-0.2, -0.15) is 0 Å². The first-order chi connectivity index (χ1) is 14.2. The summed E-state index contributed by atoms with van der Waals surface area (Å²) in [6, 6.07) is 9.82. The minimum Gasteiger partial charge on any atom is -0.379 e. The van der Waals surface area contributed by atoms with Crippen LogP contribution in [0.25, 0.3) is 0 Å². The number of benzene rings is 1. The Hall–Kier alpha value is -2.32. The lowest BCUT2D eigenvalue weighted by Gasteiger charge is -2.45. The Balaban J connectivity index is 1.46. The number of nitrogens with zero attached hydrogens (tertiary/aromatic N) is 3. The summed E-state index contributed by atoms with van der Waals surface area (Å²) < 4.78 is 5.40. The topological polar surface area (TPSA) is 77.2 Å². The van der Waals surface area contributed by atoms with Gasteiger partial charge >= 0.3 is 12.1 Å². The highest BCUT2D eigenvalue weighted by Crippen LogP contribution is 2.16. The van der Waals surface area contributed by atoms with Gasteiger partial charge in [-0.25, -0.2) is 9.59 Å². The maximum atomic E-state index is 12.6. The molecule has 0 radical (unpaired) electrons. The van der Waals surface area contributed by atoms with Crippen molar-refractivity contribution in [3.05, 3.63) is 35.9 Å². The van der Waals surface area contributed by atoms with Crippen LogP contribution in [0.1, 0.15) is 18.9 Å². The van der Waals surface area contributed by atoms with Gasteiger partial charge in [0.25, 0.3) is 0 Å². The lowest BCUT2D eigenvalue weighted by molar-refractivity contribution is 0.0260. The summed E-state index contributed by atoms with van der Waals surface area (Å²) in [6.45, 7) is 9.18. The van der Waals surface area contributed by atoms with Crippen molar-refractivity contribution in [1.82, 2.24) is 25.3 Å². The van der Waals surface area contributed by atoms with Crippen LogP contribution in [0.4, 0.5) is 9.59 Å². The maximum Gasteiger partial charge on any atom is 0.317 e. The molecule has 1 aromatic rings. The van der Waals surface area contributed by atoms with Gasteiger partial charge < -0.3 is 25.2 Å². The van der Waals surface area contributed by atoms with Gasteiger partial charge in [0.2, 0.25) is 0 Å². The van der Waals surface area contributed by atoms with Gasteiger partial charge in [0.05, 0.1) is 19.3 Å². The van der Waals surface area contributed by atoms with E-state index >= 15 is 0 Å². The fourth-order valence-corrected chi connectivity index (χ4v) is 3.56. The van der Waals surface area contributed by atoms with E-state index in [1.807, 2.05) is 42.2 Å². The zero-order valence-electron chi connectivity index (χ0n) is 17.3. The van der Waals surface area contributed by atoms with Gasteiger partial charge in [-0.3, -0.25) is 4.90 Å². The molecule has 0 saturated carbocycles. The molecule has 2 aliphatic rings. The van der Waals surface area contributed by atoms with E-state index in [2.05, 4.69) is 15.5 Å². The number of ether oxygens (including phenoxy) is 1. The minimum atomic E-state index is -0.0767. The number of nitrogens with one attached hydrogen (secondary N) is 2. The largest absolute Gasteiger partial charge is 0.379 e. The van der Waals surface area contributed by atoms with E-state index in [-0.39, 0.29) is 18.1 Å². The third-order valence-electron chi connectivity index (χ3n) is 5.42. The minimum absolute atomic E-state index is 0.0329. The molecule has 0 aliphatic carbocycles. The van der Waals surface area contributed by atoms with Gasteiger partial charge in [0.1, 0.15) is 0 Å². The third-order valence-corrected chi connectivity index (χ3v) is 5.42. The molecule has 2 saturated heterocycles. The molecular formula is C21H33N5O3. The summed E-state index contributed by atoms with van der Waals surface area (Å²) in [5, 5.41) is 5.94. The Bertz CT molecular complexity index is 645. The Morgan fingerprint density at radius 2 is 1.86 bits per heavy atom. The van der Waals surface area contributed by atoms with Gasteiger partial charge in [-0.05, 0) is 12.0 Å². The van der Waals surface area contributed by atoms with Crippen molar-refractivity contribution in [1.29, 1.82) is 0 Å². The van der Waals surface area contributed by atoms with Crippen LogP contribution < -0.4 is 10.6 Å². The van der Waals surface area contributed by atoms with E-state index in [0.29, 0.717) is 32.7 Å². The summed E-state index contributed by atoms with van der Waals surface area (Å²) in [7, 11) is 0. The van der Waals surface area contributed by atoms with E-state index in [1.54, 1.807) is 4.90 Å². The molecule has 0 spiro atoms. The summed E-state index contributed by atoms with van der Waals surface area (Å²) in [6.07, 6.45) is 0.904. The Kier molecular flexibility index (Phi) is 8.13. The molecule has 2 aliphatic heterocycles. The number of rotatable bonds is 8. The standard InChI is InChI=1S/C21H33N5O3/c1-2-8-22-21(28)26(10-9-24-11-13-29-14-12-24)19-16-25(17-19)20(27)23-15-18-6-4-3-5-7-18/h3-7,19H,2,8-17H2,1H3,(H,22,28)(H,23,27). The van der Waals surface area contributed by atoms with Crippen LogP contribution in [0.5, 0.6) is 0 Å². The second-order valence-electron chi connectivity index (χ2n) is 7.58. The van der Waals surface area contributed by atoms with Gasteiger partial charge in [-0.15, -0.1) is 0 Å². The van der Waals surface area contributed by atoms with Crippen molar-refractivity contribution in [3.8, 4) is 0 Å². The number of likely N-dealkylation sites (tertiary alicyclic amines) is 1. The number of carbonyl (C=O) groups is 2. The van der Waals surface area contributed by atoms with Crippen molar-refractivity contribution in [3.63, 3.8) is 0 Å². The lowest BCUT2D eigenvalue weighted by atomic mass is 10.1. The van der Waals surface area contributed by atoms with Crippen LogP contribution in [-0.4, -0.2) is 91.8 Å². The van der Waals surface area contributed by atoms with E-state index in [9.17, 15) is 9.59 Å². The SMILES string of the molecule is CCCNC(=O)N(CCN1CCOCC1)C1CN(C(=O)NCc2ccccc2)C1. The second kappa shape index (κ2) is 11.0. The Labute approximate surface area is 173 Å². The number of hydrogen-bond acceptors (Lipinski definition) is 4. The summed E-state index contributed by atoms with van der Waals surface area (Å²) >= 11 is 0. The molecule has 3 rings (SSSR count). The van der Waals surface area contributed by atoms with Crippen LogP contribution in [0.3, 0.4) is 0 Å². The second-order valence-corrected chi connectivity index (χ2v) is 7.58. The zero-order chi connectivity index (χ0) is 20.5. The van der Waals surface area contributed by atoms with Gasteiger partial charge in [0, 0.05) is 52.4 Å². The number of amides is 4. The van der Waals surface area contributed by atoms with Crippen LogP contribution >= 0.6 is 0 Å². The number of hydrogen-bond donors (Lipinski definition) is 2. The van der Waals surface area contributed by atoms with Crippen LogP contribution in [0.15, 0.2) is 30.3 Å². The number of carbonyl (C=O) groups excluding carboxylic acids is 2. The predicted molar refractivity (Wildman–Crippen MR) is 112 cm³/mol. The fraction of sp³-hybridized carbons (Fsp3) is 0.619. The van der Waals surface area contributed by atoms with Crippen molar-refractivity contribution in [2.45, 2.75) is 25.9 Å². The first-order valence-electron chi connectivity index (χ1n) is 10.6. The average Bonchev–Trinajstić information content (AvgIpc) is 2.73. The fourth-order valence-electron chi connectivity index (χ4n) is 3.56. The van der Waals surface area contributed by atoms with Crippen molar-refractivity contribution in [2.75, 3.05) is 59.0 Å².